The zero-order valence-electron chi connectivity index (χ0n) is 15.8. The van der Waals surface area contributed by atoms with E-state index in [1.165, 1.54) is 13.4 Å². The second kappa shape index (κ2) is 8.26. The van der Waals surface area contributed by atoms with Gasteiger partial charge in [0.05, 0.1) is 25.5 Å². The van der Waals surface area contributed by atoms with E-state index >= 15 is 0 Å². The highest BCUT2D eigenvalue weighted by Crippen LogP contribution is 2.33. The highest BCUT2D eigenvalue weighted by atomic mass is 16.5. The number of nitrogens with one attached hydrogen (secondary N) is 1. The Bertz CT molecular complexity index is 976. The van der Waals surface area contributed by atoms with Crippen LogP contribution in [-0.2, 0) is 4.74 Å². The molecule has 0 fully saturated rings. The molecule has 0 amide bonds. The van der Waals surface area contributed by atoms with E-state index in [4.69, 9.17) is 15.2 Å². The molecule has 0 unspecified atom stereocenters. The summed E-state index contributed by atoms with van der Waals surface area (Å²) in [6.45, 7) is 0. The maximum Gasteiger partial charge on any atom is 0.339 e. The molecular weight excluding hydrogens is 358 g/mol. The maximum atomic E-state index is 12.1. The predicted molar refractivity (Wildman–Crippen MR) is 109 cm³/mol. The minimum absolute atomic E-state index is 0.348. The number of esters is 1. The lowest BCUT2D eigenvalue weighted by Gasteiger charge is -2.23. The van der Waals surface area contributed by atoms with Crippen molar-refractivity contribution in [3.05, 3.63) is 60.4 Å². The first kappa shape index (κ1) is 19.0. The van der Waals surface area contributed by atoms with Crippen LogP contribution in [-0.4, -0.2) is 37.2 Å². The number of aromatic nitrogens is 2. The summed E-state index contributed by atoms with van der Waals surface area (Å²) in [5.74, 6) is 1.23. The highest BCUT2D eigenvalue weighted by molar-refractivity contribution is 5.97. The van der Waals surface area contributed by atoms with Gasteiger partial charge in [0, 0.05) is 12.7 Å². The summed E-state index contributed by atoms with van der Waals surface area (Å²) in [7, 11) is 4.73. The standard InChI is InChI=1S/C20H21N5O3/c1-25(16-7-5-4-6-15(16)20(26)28-3)19-17(21)18(22-12-23-19)24-13-8-10-14(27-2)11-9-13/h4-12H,21H2,1-3H3,(H,22,23,24). The van der Waals surface area contributed by atoms with E-state index in [1.54, 1.807) is 37.3 Å². The summed E-state index contributed by atoms with van der Waals surface area (Å²) in [6.07, 6.45) is 1.41. The van der Waals surface area contributed by atoms with Crippen LogP contribution in [0.5, 0.6) is 5.75 Å². The topological polar surface area (TPSA) is 103 Å². The summed E-state index contributed by atoms with van der Waals surface area (Å²) < 4.78 is 10.0. The Morgan fingerprint density at radius 3 is 2.46 bits per heavy atom. The van der Waals surface area contributed by atoms with Crippen LogP contribution in [0.2, 0.25) is 0 Å². The normalized spacial score (nSPS) is 10.2. The van der Waals surface area contributed by atoms with Crippen LogP contribution in [0.4, 0.5) is 28.7 Å². The fourth-order valence-corrected chi connectivity index (χ4v) is 2.73. The number of rotatable bonds is 6. The van der Waals surface area contributed by atoms with E-state index in [1.807, 2.05) is 30.3 Å². The Balaban J connectivity index is 1.93. The van der Waals surface area contributed by atoms with Gasteiger partial charge in [-0.3, -0.25) is 0 Å². The molecule has 8 heteroatoms. The van der Waals surface area contributed by atoms with E-state index in [-0.39, 0.29) is 0 Å². The molecule has 0 spiro atoms. The first-order chi connectivity index (χ1) is 13.5. The third kappa shape index (κ3) is 3.80. The second-order valence-electron chi connectivity index (χ2n) is 5.88. The summed E-state index contributed by atoms with van der Waals surface area (Å²) >= 11 is 0. The molecule has 0 aliphatic heterocycles. The fraction of sp³-hybridized carbons (Fsp3) is 0.150. The van der Waals surface area contributed by atoms with Gasteiger partial charge in [-0.25, -0.2) is 14.8 Å². The maximum absolute atomic E-state index is 12.1. The molecule has 0 saturated heterocycles. The number of hydrogen-bond acceptors (Lipinski definition) is 8. The van der Waals surface area contributed by atoms with Crippen molar-refractivity contribution in [2.45, 2.75) is 0 Å². The summed E-state index contributed by atoms with van der Waals surface area (Å²) in [4.78, 5) is 22.3. The number of hydrogen-bond donors (Lipinski definition) is 2. The Hall–Kier alpha value is -3.81. The van der Waals surface area contributed by atoms with Crippen LogP contribution in [0.15, 0.2) is 54.9 Å². The lowest BCUT2D eigenvalue weighted by molar-refractivity contribution is 0.0601. The monoisotopic (exact) mass is 379 g/mol. The zero-order chi connectivity index (χ0) is 20.1. The average Bonchev–Trinajstić information content (AvgIpc) is 2.74. The molecule has 3 N–H and O–H groups in total. The molecule has 0 saturated carbocycles. The van der Waals surface area contributed by atoms with Crippen molar-refractivity contribution in [1.29, 1.82) is 0 Å². The van der Waals surface area contributed by atoms with Crippen molar-refractivity contribution >= 4 is 34.7 Å². The number of anilines is 5. The van der Waals surface area contributed by atoms with Crippen molar-refractivity contribution in [2.75, 3.05) is 37.2 Å². The number of para-hydroxylation sites is 1. The van der Waals surface area contributed by atoms with Crippen LogP contribution in [0.1, 0.15) is 10.4 Å². The van der Waals surface area contributed by atoms with E-state index in [2.05, 4.69) is 15.3 Å². The summed E-state index contributed by atoms with van der Waals surface area (Å²) in [5, 5.41) is 3.17. The molecular formula is C20H21N5O3. The summed E-state index contributed by atoms with van der Waals surface area (Å²) in [5.41, 5.74) is 8.50. The highest BCUT2D eigenvalue weighted by Gasteiger charge is 2.19. The molecule has 1 heterocycles. The van der Waals surface area contributed by atoms with Crippen molar-refractivity contribution in [1.82, 2.24) is 9.97 Å². The molecule has 0 atom stereocenters. The van der Waals surface area contributed by atoms with Gasteiger partial charge in [0.2, 0.25) is 0 Å². The van der Waals surface area contributed by atoms with Gasteiger partial charge in [-0.2, -0.15) is 0 Å². The van der Waals surface area contributed by atoms with Crippen molar-refractivity contribution in [2.24, 2.45) is 0 Å². The fourth-order valence-electron chi connectivity index (χ4n) is 2.73. The number of methoxy groups -OCH3 is 2. The molecule has 0 radical (unpaired) electrons. The van der Waals surface area contributed by atoms with Gasteiger partial charge < -0.3 is 25.4 Å². The van der Waals surface area contributed by atoms with Gasteiger partial charge in [0.1, 0.15) is 17.8 Å². The molecule has 0 bridgehead atoms. The second-order valence-corrected chi connectivity index (χ2v) is 5.88. The Labute approximate surface area is 162 Å². The molecule has 1 aromatic heterocycles. The SMILES string of the molecule is COC(=O)c1ccccc1N(C)c1ncnc(Nc2ccc(OC)cc2)c1N. The Morgan fingerprint density at radius 1 is 1.07 bits per heavy atom. The number of nitrogens with zero attached hydrogens (tertiary/aromatic N) is 3. The third-order valence-electron chi connectivity index (χ3n) is 4.20. The van der Waals surface area contributed by atoms with Crippen LogP contribution in [0, 0.1) is 0 Å². The summed E-state index contributed by atoms with van der Waals surface area (Å²) in [6, 6.07) is 14.5. The van der Waals surface area contributed by atoms with E-state index in [0.29, 0.717) is 28.6 Å². The van der Waals surface area contributed by atoms with Gasteiger partial charge in [0.25, 0.3) is 0 Å². The largest absolute Gasteiger partial charge is 0.497 e. The minimum Gasteiger partial charge on any atom is -0.497 e. The minimum atomic E-state index is -0.438. The zero-order valence-corrected chi connectivity index (χ0v) is 15.8. The number of nitrogens with two attached hydrogens (primary N) is 1. The van der Waals surface area contributed by atoms with Gasteiger partial charge in [-0.05, 0) is 36.4 Å². The van der Waals surface area contributed by atoms with Crippen molar-refractivity contribution < 1.29 is 14.3 Å². The third-order valence-corrected chi connectivity index (χ3v) is 4.20. The Morgan fingerprint density at radius 2 is 1.79 bits per heavy atom. The Kier molecular flexibility index (Phi) is 5.59. The van der Waals surface area contributed by atoms with E-state index in [0.717, 1.165) is 11.4 Å². The lowest BCUT2D eigenvalue weighted by atomic mass is 10.1. The molecule has 0 aliphatic rings. The van der Waals surface area contributed by atoms with Crippen LogP contribution < -0.4 is 20.7 Å². The molecule has 144 valence electrons. The van der Waals surface area contributed by atoms with Crippen molar-refractivity contribution in [3.63, 3.8) is 0 Å². The molecule has 0 aliphatic carbocycles. The van der Waals surface area contributed by atoms with Gasteiger partial charge in [0.15, 0.2) is 11.6 Å². The lowest BCUT2D eigenvalue weighted by Crippen LogP contribution is -2.18. The number of nitrogen functional groups attached to an aromatic ring is 1. The van der Waals surface area contributed by atoms with Crippen LogP contribution in [0.3, 0.4) is 0 Å². The predicted octanol–water partition coefficient (Wildman–Crippen LogP) is 3.37. The average molecular weight is 379 g/mol. The van der Waals surface area contributed by atoms with E-state index in [9.17, 15) is 4.79 Å². The van der Waals surface area contributed by atoms with Crippen molar-refractivity contribution in [3.8, 4) is 5.75 Å². The number of ether oxygens (including phenoxy) is 2. The van der Waals surface area contributed by atoms with Crippen LogP contribution >= 0.6 is 0 Å². The number of carbonyl (C=O) groups is 1. The quantitative estimate of drug-likeness (QED) is 0.629. The van der Waals surface area contributed by atoms with Gasteiger partial charge >= 0.3 is 5.97 Å². The molecule has 28 heavy (non-hydrogen) atoms. The van der Waals surface area contributed by atoms with E-state index < -0.39 is 5.97 Å². The number of carbonyl (C=O) groups excluding carboxylic acids is 1. The van der Waals surface area contributed by atoms with Gasteiger partial charge in [-0.15, -0.1) is 0 Å². The van der Waals surface area contributed by atoms with Gasteiger partial charge in [-0.1, -0.05) is 12.1 Å². The molecule has 8 nitrogen and oxygen atoms in total. The molecule has 2 aromatic carbocycles. The smallest absolute Gasteiger partial charge is 0.339 e. The molecule has 3 rings (SSSR count). The van der Waals surface area contributed by atoms with Crippen LogP contribution in [0.25, 0.3) is 0 Å². The number of benzene rings is 2. The molecule has 3 aromatic rings. The first-order valence-electron chi connectivity index (χ1n) is 8.47. The first-order valence-corrected chi connectivity index (χ1v) is 8.47.